The molecule has 1 aromatic heterocycles. The number of hydrogen-bond donors (Lipinski definition) is 1. The molecule has 0 aliphatic carbocycles. The van der Waals surface area contributed by atoms with Crippen LogP contribution in [0.2, 0.25) is 5.02 Å². The Morgan fingerprint density at radius 2 is 2.29 bits per heavy atom. The van der Waals surface area contributed by atoms with E-state index in [1.54, 1.807) is 12.3 Å². The molecule has 1 amide bonds. The summed E-state index contributed by atoms with van der Waals surface area (Å²) in [5, 5.41) is 0.603. The number of hydrogen-bond acceptors (Lipinski definition) is 2. The quantitative estimate of drug-likeness (QED) is 0.872. The van der Waals surface area contributed by atoms with Crippen LogP contribution in [0.3, 0.4) is 0 Å². The van der Waals surface area contributed by atoms with Gasteiger partial charge in [-0.25, -0.2) is 0 Å². The van der Waals surface area contributed by atoms with Crippen LogP contribution in [-0.4, -0.2) is 34.5 Å². The molecule has 1 saturated heterocycles. The van der Waals surface area contributed by atoms with Gasteiger partial charge in [-0.2, -0.15) is 0 Å². The number of halogens is 1. The molecule has 0 saturated carbocycles. The SMILES string of the molecule is CCn1cc(Cl)cc1C(=O)N1CC(C)C(N)C1. The van der Waals surface area contributed by atoms with E-state index in [9.17, 15) is 4.79 Å². The molecule has 2 unspecified atom stereocenters. The summed E-state index contributed by atoms with van der Waals surface area (Å²) in [6.07, 6.45) is 1.79. The normalized spacial score (nSPS) is 24.4. The second-order valence-electron chi connectivity index (χ2n) is 4.68. The van der Waals surface area contributed by atoms with Crippen LogP contribution >= 0.6 is 11.6 Å². The van der Waals surface area contributed by atoms with Gasteiger partial charge in [-0.1, -0.05) is 18.5 Å². The van der Waals surface area contributed by atoms with E-state index in [0.29, 0.717) is 23.2 Å². The van der Waals surface area contributed by atoms with Gasteiger partial charge in [-0.05, 0) is 18.9 Å². The van der Waals surface area contributed by atoms with E-state index in [-0.39, 0.29) is 11.9 Å². The lowest BCUT2D eigenvalue weighted by molar-refractivity contribution is 0.0776. The average molecular weight is 256 g/mol. The van der Waals surface area contributed by atoms with Crippen molar-refractivity contribution in [3.63, 3.8) is 0 Å². The highest BCUT2D eigenvalue weighted by molar-refractivity contribution is 6.31. The van der Waals surface area contributed by atoms with Crippen molar-refractivity contribution in [3.05, 3.63) is 23.0 Å². The summed E-state index contributed by atoms with van der Waals surface area (Å²) in [4.78, 5) is 14.1. The van der Waals surface area contributed by atoms with Crippen LogP contribution in [0.1, 0.15) is 24.3 Å². The minimum absolute atomic E-state index is 0.0264. The van der Waals surface area contributed by atoms with Gasteiger partial charge in [0.1, 0.15) is 5.69 Å². The molecule has 5 heteroatoms. The number of aryl methyl sites for hydroxylation is 1. The number of nitrogens with two attached hydrogens (primary N) is 1. The molecular formula is C12H18ClN3O. The molecular weight excluding hydrogens is 238 g/mol. The predicted molar refractivity (Wildman–Crippen MR) is 68.2 cm³/mol. The van der Waals surface area contributed by atoms with Crippen LogP contribution in [0.15, 0.2) is 12.3 Å². The molecule has 4 nitrogen and oxygen atoms in total. The zero-order valence-corrected chi connectivity index (χ0v) is 10.9. The topological polar surface area (TPSA) is 51.3 Å². The maximum Gasteiger partial charge on any atom is 0.270 e. The second kappa shape index (κ2) is 4.70. The number of nitrogens with zero attached hydrogens (tertiary/aromatic N) is 2. The maximum atomic E-state index is 12.3. The molecule has 2 atom stereocenters. The first-order valence-corrected chi connectivity index (χ1v) is 6.31. The Bertz CT molecular complexity index is 419. The van der Waals surface area contributed by atoms with Crippen LogP contribution in [0.5, 0.6) is 0 Å². The summed E-state index contributed by atoms with van der Waals surface area (Å²) in [5.74, 6) is 0.387. The fraction of sp³-hybridized carbons (Fsp3) is 0.583. The van der Waals surface area contributed by atoms with E-state index in [4.69, 9.17) is 17.3 Å². The fourth-order valence-electron chi connectivity index (χ4n) is 2.24. The standard InChI is InChI=1S/C12H18ClN3O/c1-3-15-6-9(13)4-11(15)12(17)16-5-8(2)10(14)7-16/h4,6,8,10H,3,5,7,14H2,1-2H3. The molecule has 2 rings (SSSR count). The van der Waals surface area contributed by atoms with Gasteiger partial charge in [0.15, 0.2) is 0 Å². The molecule has 0 spiro atoms. The highest BCUT2D eigenvalue weighted by atomic mass is 35.5. The summed E-state index contributed by atoms with van der Waals surface area (Å²) < 4.78 is 1.87. The number of aromatic nitrogens is 1. The molecule has 2 heterocycles. The third kappa shape index (κ3) is 2.33. The van der Waals surface area contributed by atoms with E-state index in [2.05, 4.69) is 6.92 Å². The number of carbonyl (C=O) groups excluding carboxylic acids is 1. The minimum atomic E-state index is 0.0264. The number of amides is 1. The first kappa shape index (κ1) is 12.5. The van der Waals surface area contributed by atoms with E-state index in [1.807, 2.05) is 16.4 Å². The Balaban J connectivity index is 2.20. The van der Waals surface area contributed by atoms with Gasteiger partial charge in [0.05, 0.1) is 5.02 Å². The summed E-state index contributed by atoms with van der Waals surface area (Å²) in [6.45, 7) is 6.16. The largest absolute Gasteiger partial charge is 0.342 e. The summed E-state index contributed by atoms with van der Waals surface area (Å²) in [5.41, 5.74) is 6.59. The molecule has 2 N–H and O–H groups in total. The summed E-state index contributed by atoms with van der Waals surface area (Å²) in [7, 11) is 0. The zero-order valence-electron chi connectivity index (χ0n) is 10.2. The Hall–Kier alpha value is -1.00. The van der Waals surface area contributed by atoms with Crippen molar-refractivity contribution in [3.8, 4) is 0 Å². The highest BCUT2D eigenvalue weighted by Crippen LogP contribution is 2.20. The third-order valence-electron chi connectivity index (χ3n) is 3.38. The molecule has 0 radical (unpaired) electrons. The highest BCUT2D eigenvalue weighted by Gasteiger charge is 2.31. The van der Waals surface area contributed by atoms with Gasteiger partial charge in [0.25, 0.3) is 5.91 Å². The first-order chi connectivity index (χ1) is 8.02. The van der Waals surface area contributed by atoms with Crippen LogP contribution in [0.25, 0.3) is 0 Å². The van der Waals surface area contributed by atoms with Crippen molar-refractivity contribution in [2.45, 2.75) is 26.4 Å². The molecule has 94 valence electrons. The van der Waals surface area contributed by atoms with Gasteiger partial charge in [0, 0.05) is 31.9 Å². The van der Waals surface area contributed by atoms with Crippen molar-refractivity contribution in [1.82, 2.24) is 9.47 Å². The molecule has 0 bridgehead atoms. The van der Waals surface area contributed by atoms with E-state index < -0.39 is 0 Å². The van der Waals surface area contributed by atoms with E-state index in [1.165, 1.54) is 0 Å². The molecule has 17 heavy (non-hydrogen) atoms. The molecule has 1 aromatic rings. The molecule has 1 aliphatic heterocycles. The zero-order chi connectivity index (χ0) is 12.6. The van der Waals surface area contributed by atoms with Gasteiger partial charge < -0.3 is 15.2 Å². The fourth-order valence-corrected chi connectivity index (χ4v) is 2.46. The monoisotopic (exact) mass is 255 g/mol. The minimum Gasteiger partial charge on any atom is -0.342 e. The van der Waals surface area contributed by atoms with E-state index >= 15 is 0 Å². The van der Waals surface area contributed by atoms with Gasteiger partial charge in [-0.15, -0.1) is 0 Å². The van der Waals surface area contributed by atoms with Crippen molar-refractivity contribution in [1.29, 1.82) is 0 Å². The van der Waals surface area contributed by atoms with Crippen molar-refractivity contribution in [2.75, 3.05) is 13.1 Å². The lowest BCUT2D eigenvalue weighted by atomic mass is 10.1. The predicted octanol–water partition coefficient (Wildman–Crippen LogP) is 1.58. The smallest absolute Gasteiger partial charge is 0.270 e. The molecule has 1 aliphatic rings. The van der Waals surface area contributed by atoms with Gasteiger partial charge in [-0.3, -0.25) is 4.79 Å². The number of likely N-dealkylation sites (tertiary alicyclic amines) is 1. The van der Waals surface area contributed by atoms with Gasteiger partial charge >= 0.3 is 0 Å². The Morgan fingerprint density at radius 3 is 2.82 bits per heavy atom. The lowest BCUT2D eigenvalue weighted by Crippen LogP contribution is -2.33. The lowest BCUT2D eigenvalue weighted by Gasteiger charge is -2.16. The van der Waals surface area contributed by atoms with Gasteiger partial charge in [0.2, 0.25) is 0 Å². The Labute approximate surface area is 106 Å². The Kier molecular flexibility index (Phi) is 3.45. The third-order valence-corrected chi connectivity index (χ3v) is 3.59. The van der Waals surface area contributed by atoms with Crippen molar-refractivity contribution in [2.24, 2.45) is 11.7 Å². The summed E-state index contributed by atoms with van der Waals surface area (Å²) in [6, 6.07) is 1.81. The van der Waals surface area contributed by atoms with Crippen molar-refractivity contribution >= 4 is 17.5 Å². The number of carbonyl (C=O) groups is 1. The average Bonchev–Trinajstić information content (AvgIpc) is 2.82. The second-order valence-corrected chi connectivity index (χ2v) is 5.12. The molecule has 1 fully saturated rings. The van der Waals surface area contributed by atoms with Crippen molar-refractivity contribution < 1.29 is 4.79 Å². The van der Waals surface area contributed by atoms with Crippen LogP contribution in [0.4, 0.5) is 0 Å². The van der Waals surface area contributed by atoms with Crippen LogP contribution in [-0.2, 0) is 6.54 Å². The number of rotatable bonds is 2. The Morgan fingerprint density at radius 1 is 1.59 bits per heavy atom. The van der Waals surface area contributed by atoms with E-state index in [0.717, 1.165) is 13.1 Å². The first-order valence-electron chi connectivity index (χ1n) is 5.93. The van der Waals surface area contributed by atoms with Crippen LogP contribution in [0, 0.1) is 5.92 Å². The summed E-state index contributed by atoms with van der Waals surface area (Å²) >= 11 is 5.94. The maximum absolute atomic E-state index is 12.3. The van der Waals surface area contributed by atoms with Crippen LogP contribution < -0.4 is 5.73 Å². The molecule has 0 aromatic carbocycles.